The van der Waals surface area contributed by atoms with Crippen LogP contribution < -0.4 is 5.73 Å². The summed E-state index contributed by atoms with van der Waals surface area (Å²) in [7, 11) is 0. The van der Waals surface area contributed by atoms with Crippen molar-refractivity contribution in [1.29, 1.82) is 0 Å². The summed E-state index contributed by atoms with van der Waals surface area (Å²) in [5, 5.41) is 0. The fourth-order valence-corrected chi connectivity index (χ4v) is 0.637. The zero-order chi connectivity index (χ0) is 9.72. The van der Waals surface area contributed by atoms with E-state index in [1.807, 2.05) is 13.8 Å². The average Bonchev–Trinajstić information content (AvgIpc) is 1.84. The monoisotopic (exact) mass is 173 g/mol. The Hall–Kier alpha value is -1.06. The van der Waals surface area contributed by atoms with Crippen molar-refractivity contribution in [3.63, 3.8) is 0 Å². The van der Waals surface area contributed by atoms with Crippen LogP contribution >= 0.6 is 0 Å². The van der Waals surface area contributed by atoms with Crippen LogP contribution in [-0.2, 0) is 14.3 Å². The van der Waals surface area contributed by atoms with Crippen molar-refractivity contribution in [1.82, 2.24) is 0 Å². The Morgan fingerprint density at radius 3 is 2.17 bits per heavy atom. The Morgan fingerprint density at radius 2 is 1.83 bits per heavy atom. The highest BCUT2D eigenvalue weighted by Crippen LogP contribution is 2.02. The normalized spacial score (nSPS) is 12.7. The molecule has 2 N–H and O–H groups in total. The van der Waals surface area contributed by atoms with Gasteiger partial charge in [0.15, 0.2) is 6.10 Å². The molecule has 1 atom stereocenters. The first-order valence-corrected chi connectivity index (χ1v) is 3.92. The summed E-state index contributed by atoms with van der Waals surface area (Å²) in [5.74, 6) is -0.763. The maximum Gasteiger partial charge on any atom is 0.306 e. The molecule has 0 spiro atoms. The van der Waals surface area contributed by atoms with Gasteiger partial charge in [-0.2, -0.15) is 0 Å². The van der Waals surface area contributed by atoms with Gasteiger partial charge in [-0.25, -0.2) is 0 Å². The largest absolute Gasteiger partial charge is 0.453 e. The second-order valence-electron chi connectivity index (χ2n) is 3.13. The number of rotatable bonds is 4. The molecule has 0 saturated carbocycles. The van der Waals surface area contributed by atoms with E-state index in [1.54, 1.807) is 0 Å². The fraction of sp³-hybridized carbons (Fsp3) is 0.750. The minimum Gasteiger partial charge on any atom is -0.453 e. The van der Waals surface area contributed by atoms with E-state index >= 15 is 0 Å². The number of primary amides is 1. The number of nitrogens with two attached hydrogens (primary N) is 1. The van der Waals surface area contributed by atoms with Crippen LogP contribution in [-0.4, -0.2) is 18.0 Å². The van der Waals surface area contributed by atoms with Gasteiger partial charge in [0.1, 0.15) is 0 Å². The van der Waals surface area contributed by atoms with E-state index in [2.05, 4.69) is 0 Å². The lowest BCUT2D eigenvalue weighted by Gasteiger charge is -2.10. The molecule has 1 unspecified atom stereocenters. The zero-order valence-electron chi connectivity index (χ0n) is 7.66. The molecule has 0 bridgehead atoms. The number of hydrogen-bond acceptors (Lipinski definition) is 3. The molecule has 12 heavy (non-hydrogen) atoms. The third-order valence-corrected chi connectivity index (χ3v) is 1.28. The van der Waals surface area contributed by atoms with E-state index < -0.39 is 12.0 Å². The zero-order valence-corrected chi connectivity index (χ0v) is 7.66. The van der Waals surface area contributed by atoms with Crippen LogP contribution in [0.1, 0.15) is 27.2 Å². The smallest absolute Gasteiger partial charge is 0.306 e. The Bertz CT molecular complexity index is 177. The molecule has 4 heteroatoms. The van der Waals surface area contributed by atoms with Gasteiger partial charge in [0.05, 0.1) is 0 Å². The number of amides is 1. The second kappa shape index (κ2) is 4.74. The van der Waals surface area contributed by atoms with Crippen molar-refractivity contribution in [2.75, 3.05) is 0 Å². The Labute approximate surface area is 72.1 Å². The second-order valence-corrected chi connectivity index (χ2v) is 3.13. The summed E-state index contributed by atoms with van der Waals surface area (Å²) in [6.07, 6.45) is -0.506. The highest BCUT2D eigenvalue weighted by atomic mass is 16.5. The van der Waals surface area contributed by atoms with Crippen molar-refractivity contribution in [2.45, 2.75) is 33.3 Å². The van der Waals surface area contributed by atoms with Crippen molar-refractivity contribution in [2.24, 2.45) is 11.7 Å². The van der Waals surface area contributed by atoms with Crippen molar-refractivity contribution >= 4 is 11.9 Å². The van der Waals surface area contributed by atoms with Gasteiger partial charge in [-0.05, 0) is 12.8 Å². The number of carbonyl (C=O) groups excluding carboxylic acids is 2. The molecule has 0 aromatic rings. The quantitative estimate of drug-likeness (QED) is 0.627. The van der Waals surface area contributed by atoms with Crippen molar-refractivity contribution in [3.05, 3.63) is 0 Å². The molecule has 4 nitrogen and oxygen atoms in total. The summed E-state index contributed by atoms with van der Waals surface area (Å²) >= 11 is 0. The molecule has 0 aliphatic heterocycles. The maximum absolute atomic E-state index is 10.9. The molecule has 0 aliphatic rings. The Kier molecular flexibility index (Phi) is 4.33. The van der Waals surface area contributed by atoms with Crippen LogP contribution in [0, 0.1) is 5.92 Å². The first-order valence-electron chi connectivity index (χ1n) is 3.92. The fourth-order valence-electron chi connectivity index (χ4n) is 0.637. The summed E-state index contributed by atoms with van der Waals surface area (Å²) in [5.41, 5.74) is 4.90. The Balaban J connectivity index is 3.77. The predicted octanol–water partition coefficient (Wildman–Crippen LogP) is 0.449. The summed E-state index contributed by atoms with van der Waals surface area (Å²) in [4.78, 5) is 21.4. The summed E-state index contributed by atoms with van der Waals surface area (Å²) < 4.78 is 4.71. The van der Waals surface area contributed by atoms with Crippen LogP contribution in [0.3, 0.4) is 0 Å². The Morgan fingerprint density at radius 1 is 1.33 bits per heavy atom. The molecule has 0 heterocycles. The van der Waals surface area contributed by atoms with Crippen molar-refractivity contribution < 1.29 is 14.3 Å². The molecule has 0 rings (SSSR count). The molecule has 0 radical (unpaired) electrons. The third kappa shape index (κ3) is 4.71. The lowest BCUT2D eigenvalue weighted by Crippen LogP contribution is -2.30. The van der Waals surface area contributed by atoms with E-state index in [4.69, 9.17) is 10.5 Å². The van der Waals surface area contributed by atoms with Crippen LogP contribution in [0.15, 0.2) is 0 Å². The molecule has 1 amide bonds. The highest BCUT2D eigenvalue weighted by Gasteiger charge is 2.14. The van der Waals surface area contributed by atoms with Gasteiger partial charge in [-0.15, -0.1) is 0 Å². The van der Waals surface area contributed by atoms with Gasteiger partial charge in [0.2, 0.25) is 0 Å². The first-order chi connectivity index (χ1) is 5.43. The van der Waals surface area contributed by atoms with Gasteiger partial charge in [0, 0.05) is 6.42 Å². The number of ether oxygens (including phenoxy) is 1. The van der Waals surface area contributed by atoms with Crippen LogP contribution in [0.5, 0.6) is 0 Å². The SMILES string of the molecule is CC(C)CC(=O)OC(C)C(N)=O. The third-order valence-electron chi connectivity index (χ3n) is 1.28. The van der Waals surface area contributed by atoms with E-state index in [-0.39, 0.29) is 11.9 Å². The topological polar surface area (TPSA) is 69.4 Å². The molecular weight excluding hydrogens is 158 g/mol. The molecule has 0 aromatic carbocycles. The lowest BCUT2D eigenvalue weighted by atomic mass is 10.1. The molecular formula is C8H15NO3. The van der Waals surface area contributed by atoms with E-state index in [1.165, 1.54) is 6.92 Å². The van der Waals surface area contributed by atoms with Crippen LogP contribution in [0.2, 0.25) is 0 Å². The first kappa shape index (κ1) is 10.9. The minimum absolute atomic E-state index is 0.234. The highest BCUT2D eigenvalue weighted by molar-refractivity contribution is 5.81. The molecule has 0 aliphatic carbocycles. The van der Waals surface area contributed by atoms with E-state index in [9.17, 15) is 9.59 Å². The number of esters is 1. The van der Waals surface area contributed by atoms with Crippen molar-refractivity contribution in [3.8, 4) is 0 Å². The maximum atomic E-state index is 10.9. The lowest BCUT2D eigenvalue weighted by molar-refractivity contribution is -0.154. The molecule has 70 valence electrons. The summed E-state index contributed by atoms with van der Waals surface area (Å²) in [6, 6.07) is 0. The van der Waals surface area contributed by atoms with Gasteiger partial charge in [-0.3, -0.25) is 9.59 Å². The minimum atomic E-state index is -0.823. The van der Waals surface area contributed by atoms with E-state index in [0.717, 1.165) is 0 Å². The standard InChI is InChI=1S/C8H15NO3/c1-5(2)4-7(10)12-6(3)8(9)11/h5-6H,4H2,1-3H3,(H2,9,11). The van der Waals surface area contributed by atoms with Crippen LogP contribution in [0.25, 0.3) is 0 Å². The van der Waals surface area contributed by atoms with Gasteiger partial charge >= 0.3 is 5.97 Å². The molecule has 0 aromatic heterocycles. The average molecular weight is 173 g/mol. The van der Waals surface area contributed by atoms with Gasteiger partial charge in [-0.1, -0.05) is 13.8 Å². The van der Waals surface area contributed by atoms with Crippen LogP contribution in [0.4, 0.5) is 0 Å². The number of hydrogen-bond donors (Lipinski definition) is 1. The summed E-state index contributed by atoms with van der Waals surface area (Å²) in [6.45, 7) is 5.26. The number of carbonyl (C=O) groups is 2. The molecule has 0 saturated heterocycles. The van der Waals surface area contributed by atoms with Gasteiger partial charge < -0.3 is 10.5 Å². The van der Waals surface area contributed by atoms with E-state index in [0.29, 0.717) is 6.42 Å². The van der Waals surface area contributed by atoms with Gasteiger partial charge in [0.25, 0.3) is 5.91 Å². The molecule has 0 fully saturated rings. The predicted molar refractivity (Wildman–Crippen MR) is 44.2 cm³/mol.